The van der Waals surface area contributed by atoms with Gasteiger partial charge in [-0.25, -0.2) is 15.0 Å². The number of nitrogens with zero attached hydrogens (tertiary/aromatic N) is 4. The number of hydrazine groups is 1. The van der Waals surface area contributed by atoms with Crippen molar-refractivity contribution in [2.45, 2.75) is 38.5 Å². The van der Waals surface area contributed by atoms with Crippen molar-refractivity contribution in [1.29, 1.82) is 0 Å². The van der Waals surface area contributed by atoms with E-state index in [0.717, 1.165) is 4.90 Å². The molecule has 0 spiro atoms. The van der Waals surface area contributed by atoms with Crippen molar-refractivity contribution < 1.29 is 36.4 Å². The van der Waals surface area contributed by atoms with Gasteiger partial charge >= 0.3 is 22.5 Å². The lowest BCUT2D eigenvalue weighted by molar-refractivity contribution is -0.127. The molecular weight excluding hydrogens is 412 g/mol. The fraction of sp³-hybridized carbons (Fsp3) is 0.571. The molecule has 0 unspecified atom stereocenters. The Bertz CT molecular complexity index is 967. The summed E-state index contributed by atoms with van der Waals surface area (Å²) in [4.78, 5) is 38.2. The number of hydrogen-bond acceptors (Lipinski definition) is 8. The molecule has 14 nitrogen and oxygen atoms in total. The Morgan fingerprint density at radius 1 is 1.31 bits per heavy atom. The highest BCUT2D eigenvalue weighted by Crippen LogP contribution is 2.43. The SMILES string of the molecule is Cn1ncc2c1[C@@H](C(=O)NNC(=O)OC(C)(C)C)N1C[C@@H]2N(OS(=O)(=O)O)C1=O. The third-order valence-corrected chi connectivity index (χ3v) is 4.49. The first kappa shape index (κ1) is 20.8. The number of amides is 4. The van der Waals surface area contributed by atoms with Crippen molar-refractivity contribution in [2.24, 2.45) is 7.05 Å². The van der Waals surface area contributed by atoms with E-state index in [9.17, 15) is 22.8 Å². The molecule has 0 aliphatic carbocycles. The molecule has 1 aromatic rings. The molecule has 0 aromatic carbocycles. The molecular formula is C14H20N6O8S. The minimum Gasteiger partial charge on any atom is -0.443 e. The highest BCUT2D eigenvalue weighted by atomic mass is 32.3. The van der Waals surface area contributed by atoms with Crippen LogP contribution in [0.1, 0.15) is 44.1 Å². The summed E-state index contributed by atoms with van der Waals surface area (Å²) in [6.07, 6.45) is 0.451. The lowest BCUT2D eigenvalue weighted by Crippen LogP contribution is -2.51. The topological polar surface area (TPSA) is 172 Å². The predicted octanol–water partition coefficient (Wildman–Crippen LogP) is -0.456. The zero-order valence-electron chi connectivity index (χ0n) is 15.9. The molecule has 0 saturated carbocycles. The molecule has 4 amide bonds. The molecule has 2 bridgehead atoms. The van der Waals surface area contributed by atoms with Gasteiger partial charge in [0.25, 0.3) is 5.91 Å². The van der Waals surface area contributed by atoms with Crippen LogP contribution in [0.4, 0.5) is 9.59 Å². The monoisotopic (exact) mass is 432 g/mol. The van der Waals surface area contributed by atoms with Crippen molar-refractivity contribution in [2.75, 3.05) is 6.54 Å². The number of aryl methyl sites for hydroxylation is 1. The number of carbonyl (C=O) groups is 3. The van der Waals surface area contributed by atoms with Gasteiger partial charge in [-0.15, -0.1) is 4.28 Å². The molecule has 3 rings (SSSR count). The smallest absolute Gasteiger partial charge is 0.426 e. The molecule has 2 aliphatic rings. The molecule has 160 valence electrons. The van der Waals surface area contributed by atoms with Crippen LogP contribution in [0.15, 0.2) is 6.20 Å². The van der Waals surface area contributed by atoms with Crippen molar-refractivity contribution in [1.82, 2.24) is 30.6 Å². The third-order valence-electron chi connectivity index (χ3n) is 4.14. The quantitative estimate of drug-likeness (QED) is 0.422. The molecule has 3 heterocycles. The van der Waals surface area contributed by atoms with Crippen LogP contribution in [0.2, 0.25) is 0 Å². The minimum atomic E-state index is -4.97. The number of carbonyl (C=O) groups excluding carboxylic acids is 3. The molecule has 2 atom stereocenters. The maximum atomic E-state index is 12.8. The van der Waals surface area contributed by atoms with E-state index in [4.69, 9.17) is 9.29 Å². The minimum absolute atomic E-state index is 0.0996. The zero-order valence-corrected chi connectivity index (χ0v) is 16.8. The number of nitrogens with one attached hydrogen (secondary N) is 2. The van der Waals surface area contributed by atoms with E-state index in [2.05, 4.69) is 20.2 Å². The highest BCUT2D eigenvalue weighted by Gasteiger charge is 2.53. The molecule has 3 N–H and O–H groups in total. The van der Waals surface area contributed by atoms with Crippen LogP contribution < -0.4 is 10.9 Å². The number of rotatable bonds is 3. The van der Waals surface area contributed by atoms with E-state index in [1.54, 1.807) is 20.8 Å². The number of urea groups is 1. The number of hydroxylamine groups is 2. The molecule has 29 heavy (non-hydrogen) atoms. The third kappa shape index (κ3) is 4.10. The summed E-state index contributed by atoms with van der Waals surface area (Å²) in [6, 6.07) is -3.11. The fourth-order valence-electron chi connectivity index (χ4n) is 3.18. The fourth-order valence-corrected chi connectivity index (χ4v) is 3.55. The second kappa shape index (κ2) is 6.85. The van der Waals surface area contributed by atoms with Crippen molar-refractivity contribution in [3.8, 4) is 0 Å². The summed E-state index contributed by atoms with van der Waals surface area (Å²) in [6.45, 7) is 4.83. The van der Waals surface area contributed by atoms with E-state index >= 15 is 0 Å². The second-order valence-electron chi connectivity index (χ2n) is 7.41. The average Bonchev–Trinajstić information content (AvgIpc) is 3.06. The zero-order chi connectivity index (χ0) is 21.7. The van der Waals surface area contributed by atoms with Gasteiger partial charge in [-0.1, -0.05) is 0 Å². The lowest BCUT2D eigenvalue weighted by Gasteiger charge is -2.30. The summed E-state index contributed by atoms with van der Waals surface area (Å²) >= 11 is 0. The van der Waals surface area contributed by atoms with E-state index in [0.29, 0.717) is 16.3 Å². The van der Waals surface area contributed by atoms with Gasteiger partial charge in [-0.05, 0) is 20.8 Å². The maximum absolute atomic E-state index is 12.8. The number of aromatic nitrogens is 2. The first-order valence-corrected chi connectivity index (χ1v) is 9.72. The molecule has 2 aliphatic heterocycles. The van der Waals surface area contributed by atoms with Gasteiger partial charge in [-0.3, -0.25) is 19.5 Å². The Kier molecular flexibility index (Phi) is 4.92. The van der Waals surface area contributed by atoms with Crippen molar-refractivity contribution in [3.63, 3.8) is 0 Å². The van der Waals surface area contributed by atoms with Crippen LogP contribution in [0.25, 0.3) is 0 Å². The normalized spacial score (nSPS) is 21.1. The molecule has 1 saturated heterocycles. The maximum Gasteiger partial charge on any atom is 0.426 e. The Hall–Kier alpha value is -2.91. The number of ether oxygens (including phenoxy) is 1. The van der Waals surface area contributed by atoms with Gasteiger partial charge < -0.3 is 9.64 Å². The summed E-state index contributed by atoms with van der Waals surface area (Å²) in [5.41, 5.74) is 4.12. The Balaban J connectivity index is 1.85. The first-order valence-electron chi connectivity index (χ1n) is 8.36. The van der Waals surface area contributed by atoms with Gasteiger partial charge in [0, 0.05) is 12.6 Å². The van der Waals surface area contributed by atoms with Crippen LogP contribution in [0.5, 0.6) is 0 Å². The largest absolute Gasteiger partial charge is 0.443 e. The van der Waals surface area contributed by atoms with E-state index in [1.165, 1.54) is 17.9 Å². The predicted molar refractivity (Wildman–Crippen MR) is 92.8 cm³/mol. The van der Waals surface area contributed by atoms with Gasteiger partial charge in [0.05, 0.1) is 18.4 Å². The van der Waals surface area contributed by atoms with E-state index < -0.39 is 46.1 Å². The molecule has 15 heteroatoms. The Morgan fingerprint density at radius 3 is 2.55 bits per heavy atom. The molecule has 0 radical (unpaired) electrons. The standard InChI is InChI=1S/C14H20N6O8S/c1-14(2,3)27-12(22)17-16-11(21)10-9-7(5-15-18(9)4)8-6-19(10)13(23)20(8)28-29(24,25)26/h5,8,10H,6H2,1-4H3,(H,16,21)(H,17,22)(H,24,25,26)/t8-,10-/m0/s1. The molecule has 1 aromatic heterocycles. The van der Waals surface area contributed by atoms with Gasteiger partial charge in [-0.2, -0.15) is 18.6 Å². The van der Waals surface area contributed by atoms with Gasteiger partial charge in [0.1, 0.15) is 11.6 Å². The highest BCUT2D eigenvalue weighted by molar-refractivity contribution is 7.80. The van der Waals surface area contributed by atoms with Crippen molar-refractivity contribution in [3.05, 3.63) is 17.5 Å². The van der Waals surface area contributed by atoms with Crippen LogP contribution in [0, 0.1) is 0 Å². The summed E-state index contributed by atoms with van der Waals surface area (Å²) < 4.78 is 41.9. The Morgan fingerprint density at radius 2 is 1.97 bits per heavy atom. The summed E-state index contributed by atoms with van der Waals surface area (Å²) in [5.74, 6) is -0.791. The molecule has 1 fully saturated rings. The van der Waals surface area contributed by atoms with Crippen LogP contribution in [0.3, 0.4) is 0 Å². The number of fused-ring (bicyclic) bond motifs is 4. The van der Waals surface area contributed by atoms with E-state index in [1.807, 2.05) is 0 Å². The van der Waals surface area contributed by atoms with Crippen molar-refractivity contribution >= 4 is 28.4 Å². The van der Waals surface area contributed by atoms with Crippen LogP contribution >= 0.6 is 0 Å². The lowest BCUT2D eigenvalue weighted by atomic mass is 9.97. The summed E-state index contributed by atoms with van der Waals surface area (Å²) in [5, 5.41) is 4.50. The summed E-state index contributed by atoms with van der Waals surface area (Å²) in [7, 11) is -3.44. The van der Waals surface area contributed by atoms with Gasteiger partial charge in [0.2, 0.25) is 0 Å². The Labute approximate surface area is 165 Å². The average molecular weight is 432 g/mol. The number of hydrogen-bond donors (Lipinski definition) is 3. The van der Waals surface area contributed by atoms with Gasteiger partial charge in [0.15, 0.2) is 6.04 Å². The second-order valence-corrected chi connectivity index (χ2v) is 8.41. The first-order chi connectivity index (χ1) is 13.3. The van der Waals surface area contributed by atoms with Crippen LogP contribution in [-0.4, -0.2) is 62.9 Å². The van der Waals surface area contributed by atoms with Crippen LogP contribution in [-0.2, 0) is 31.3 Å². The van der Waals surface area contributed by atoms with E-state index in [-0.39, 0.29) is 6.54 Å².